The van der Waals surface area contributed by atoms with Crippen molar-refractivity contribution < 1.29 is 57.9 Å². The van der Waals surface area contributed by atoms with Gasteiger partial charge in [-0.15, -0.1) is 0 Å². The first kappa shape index (κ1) is 54.5. The van der Waals surface area contributed by atoms with E-state index >= 15 is 0 Å². The number of hydrogen-bond donors (Lipinski definition) is 4. The smallest absolute Gasteiger partial charge is 0.124 e. The largest absolute Gasteiger partial charge is 0.552 e. The maximum Gasteiger partial charge on any atom is 0.124 e. The number of hydrogen-bond acceptors (Lipinski definition) is 6. The Balaban J connectivity index is 0.000000860. The Kier molecular flexibility index (Phi) is 20.0. The quantitative estimate of drug-likeness (QED) is 0.0813. The molecule has 1 aliphatic heterocycles. The van der Waals surface area contributed by atoms with Gasteiger partial charge < -0.3 is 25.2 Å². The fraction of sp³-hybridized carbons (Fsp3) is 0.373. The van der Waals surface area contributed by atoms with Crippen molar-refractivity contribution in [3.05, 3.63) is 208 Å². The molecule has 0 amide bonds. The third kappa shape index (κ3) is 13.5. The Bertz CT molecular complexity index is 2210. The Labute approximate surface area is 422 Å². The van der Waals surface area contributed by atoms with E-state index < -0.39 is 10.8 Å². The molecule has 1 radical (unpaired) electrons. The standard InChI is InChI=1S/C52H59NO3.C4H7O.C3H8O.Y/c1-49(2,39-21-13-9-14-22-39)43-31-37(47(55)45(33-43)51(5,6)41-25-17-11-18-26-41)35-53(29-30-54)36-38-32-44(50(3,4)40-23-15-10-16-24-40)34-46(48(38)56)52(7,8)42-27-19-12-20-28-42;1-2-4-5-3-1;1-3(2)4;/h9-28,31-34,54-56H,29-30,35-36H2,1-8H3;3H,1-2,4H2;3-4H,1-2H3;/q;-1;;. The molecule has 0 atom stereocenters. The van der Waals surface area contributed by atoms with E-state index in [1.54, 1.807) is 13.8 Å². The summed E-state index contributed by atoms with van der Waals surface area (Å²) in [4.78, 5) is 2.14. The van der Waals surface area contributed by atoms with Gasteiger partial charge in [0.2, 0.25) is 0 Å². The summed E-state index contributed by atoms with van der Waals surface area (Å²) >= 11 is 0. The van der Waals surface area contributed by atoms with Gasteiger partial charge in [0.25, 0.3) is 0 Å². The molecule has 1 saturated heterocycles. The summed E-state index contributed by atoms with van der Waals surface area (Å²) in [5.41, 5.74) is 8.33. The molecule has 7 heteroatoms. The minimum Gasteiger partial charge on any atom is -0.552 e. The van der Waals surface area contributed by atoms with Gasteiger partial charge in [-0.25, -0.2) is 6.61 Å². The van der Waals surface area contributed by atoms with Crippen LogP contribution in [0.3, 0.4) is 0 Å². The number of ether oxygens (including phenoxy) is 1. The number of aromatic hydroxyl groups is 2. The average molecular weight is 966 g/mol. The van der Waals surface area contributed by atoms with Crippen LogP contribution in [-0.2, 0) is 72.2 Å². The molecule has 0 saturated carbocycles. The molecule has 6 aromatic rings. The van der Waals surface area contributed by atoms with E-state index in [2.05, 4.69) is 157 Å². The molecule has 7 rings (SSSR count). The van der Waals surface area contributed by atoms with Crippen LogP contribution in [0.15, 0.2) is 146 Å². The number of phenols is 2. The van der Waals surface area contributed by atoms with Gasteiger partial charge in [-0.3, -0.25) is 4.90 Å². The summed E-state index contributed by atoms with van der Waals surface area (Å²) < 4.78 is 4.82. The van der Waals surface area contributed by atoms with Gasteiger partial charge in [-0.1, -0.05) is 195 Å². The summed E-state index contributed by atoms with van der Waals surface area (Å²) in [6.07, 6.45) is 2.21. The number of aliphatic hydroxyl groups is 2. The summed E-state index contributed by atoms with van der Waals surface area (Å²) in [6.45, 7) is 24.9. The van der Waals surface area contributed by atoms with Crippen LogP contribution in [0.25, 0.3) is 0 Å². The van der Waals surface area contributed by atoms with Gasteiger partial charge in [0.15, 0.2) is 0 Å². The van der Waals surface area contributed by atoms with Gasteiger partial charge in [0, 0.05) is 109 Å². The number of phenolic OH excluding ortho intramolecular Hbond substituents is 2. The molecule has 1 aliphatic rings. The van der Waals surface area contributed by atoms with E-state index in [4.69, 9.17) is 9.84 Å². The van der Waals surface area contributed by atoms with E-state index in [0.717, 1.165) is 57.5 Å². The Morgan fingerprint density at radius 3 is 1.11 bits per heavy atom. The first-order chi connectivity index (χ1) is 30.8. The van der Waals surface area contributed by atoms with Crippen LogP contribution >= 0.6 is 0 Å². The normalized spacial score (nSPS) is 13.1. The zero-order chi connectivity index (χ0) is 47.4. The van der Waals surface area contributed by atoms with Crippen LogP contribution in [0.2, 0.25) is 0 Å². The Morgan fingerprint density at radius 1 is 0.530 bits per heavy atom. The van der Waals surface area contributed by atoms with Crippen molar-refractivity contribution >= 4 is 0 Å². The van der Waals surface area contributed by atoms with Gasteiger partial charge in [0.1, 0.15) is 11.5 Å². The first-order valence-corrected chi connectivity index (χ1v) is 23.2. The summed E-state index contributed by atoms with van der Waals surface area (Å²) in [7, 11) is 0. The van der Waals surface area contributed by atoms with E-state index in [1.807, 2.05) is 55.1 Å². The topological polar surface area (TPSA) is 93.4 Å². The molecule has 0 spiro atoms. The predicted octanol–water partition coefficient (Wildman–Crippen LogP) is 12.7. The maximum atomic E-state index is 12.3. The molecule has 66 heavy (non-hydrogen) atoms. The second kappa shape index (κ2) is 24.2. The predicted molar refractivity (Wildman–Crippen MR) is 269 cm³/mol. The first-order valence-electron chi connectivity index (χ1n) is 23.2. The van der Waals surface area contributed by atoms with Crippen LogP contribution in [0, 0.1) is 6.61 Å². The van der Waals surface area contributed by atoms with Gasteiger partial charge >= 0.3 is 0 Å². The minimum absolute atomic E-state index is 0. The fourth-order valence-electron chi connectivity index (χ4n) is 8.62. The van der Waals surface area contributed by atoms with Crippen molar-refractivity contribution in [2.24, 2.45) is 0 Å². The maximum absolute atomic E-state index is 12.3. The third-order valence-corrected chi connectivity index (χ3v) is 13.1. The Hall–Kier alpha value is -4.14. The van der Waals surface area contributed by atoms with Crippen molar-refractivity contribution in [3.63, 3.8) is 0 Å². The third-order valence-electron chi connectivity index (χ3n) is 13.1. The van der Waals surface area contributed by atoms with Gasteiger partial charge in [-0.05, 0) is 59.4 Å². The zero-order valence-electron chi connectivity index (χ0n) is 41.2. The molecule has 349 valence electrons. The zero-order valence-corrected chi connectivity index (χ0v) is 44.0. The van der Waals surface area contributed by atoms with Crippen LogP contribution in [0.1, 0.15) is 138 Å². The van der Waals surface area contributed by atoms with Gasteiger partial charge in [-0.2, -0.15) is 6.42 Å². The van der Waals surface area contributed by atoms with Crippen molar-refractivity contribution in [1.82, 2.24) is 4.90 Å². The van der Waals surface area contributed by atoms with Crippen molar-refractivity contribution in [3.8, 4) is 11.5 Å². The van der Waals surface area contributed by atoms with Crippen LogP contribution in [0.4, 0.5) is 0 Å². The molecular weight excluding hydrogens is 892 g/mol. The molecule has 4 N–H and O–H groups in total. The fourth-order valence-corrected chi connectivity index (χ4v) is 8.62. The van der Waals surface area contributed by atoms with Crippen LogP contribution in [-0.4, -0.2) is 51.2 Å². The van der Waals surface area contributed by atoms with Crippen LogP contribution in [0.5, 0.6) is 11.5 Å². The molecule has 1 fully saturated rings. The Morgan fingerprint density at radius 2 is 0.848 bits per heavy atom. The SMILES string of the molecule is CC(C)(c1ccccc1)c1cc(CN(CCO)Cc2cc(C(C)(C)c3ccccc3)cc(C(C)(C)c3ccccc3)c2O)c(O)c(C(C)(C)c2ccccc2)c1.CC(C)O.[CH-]1CCCO1.[Y]. The molecule has 1 heterocycles. The summed E-state index contributed by atoms with van der Waals surface area (Å²) in [5.74, 6) is 0.506. The van der Waals surface area contributed by atoms with Crippen LogP contribution < -0.4 is 0 Å². The van der Waals surface area contributed by atoms with Crippen molar-refractivity contribution in [2.45, 2.75) is 123 Å². The summed E-state index contributed by atoms with van der Waals surface area (Å²) in [6, 6.07) is 50.3. The van der Waals surface area contributed by atoms with Crippen molar-refractivity contribution in [1.29, 1.82) is 0 Å². The molecule has 0 aliphatic carbocycles. The van der Waals surface area contributed by atoms with E-state index in [1.165, 1.54) is 17.5 Å². The molecule has 0 bridgehead atoms. The van der Waals surface area contributed by atoms with E-state index in [-0.39, 0.29) is 67.7 Å². The number of benzene rings is 6. The monoisotopic (exact) mass is 965 g/mol. The number of rotatable bonds is 14. The number of nitrogens with zero attached hydrogens (tertiary/aromatic N) is 1. The summed E-state index contributed by atoms with van der Waals surface area (Å²) in [5, 5.41) is 43.1. The minimum atomic E-state index is -0.502. The molecule has 0 unspecified atom stereocenters. The molecular formula is C59H74NO5Y-. The van der Waals surface area contributed by atoms with Crippen molar-refractivity contribution in [2.75, 3.05) is 19.8 Å². The van der Waals surface area contributed by atoms with E-state index in [9.17, 15) is 15.3 Å². The molecule has 6 nitrogen and oxygen atoms in total. The van der Waals surface area contributed by atoms with Gasteiger partial charge in [0.05, 0.1) is 6.61 Å². The second-order valence-corrected chi connectivity index (χ2v) is 19.7. The number of aliphatic hydroxyl groups excluding tert-OH is 2. The second-order valence-electron chi connectivity index (χ2n) is 19.7. The molecule has 6 aromatic carbocycles. The van der Waals surface area contributed by atoms with E-state index in [0.29, 0.717) is 19.6 Å². The molecule has 0 aromatic heterocycles. The average Bonchev–Trinajstić information content (AvgIpc) is 3.89.